The number of hydrogen-bond acceptors (Lipinski definition) is 1. The van der Waals surface area contributed by atoms with Crippen LogP contribution in [0.15, 0.2) is 16.6 Å². The Bertz CT molecular complexity index is 293. The molecular weight excluding hydrogens is 272 g/mol. The van der Waals surface area contributed by atoms with Crippen LogP contribution in [0.4, 0.5) is 13.2 Å². The van der Waals surface area contributed by atoms with E-state index in [1.54, 1.807) is 0 Å². The molecule has 1 aromatic carbocycles. The van der Waals surface area contributed by atoms with Crippen molar-refractivity contribution in [2.45, 2.75) is 6.36 Å². The van der Waals surface area contributed by atoms with Crippen molar-refractivity contribution in [3.05, 3.63) is 27.7 Å². The molecule has 0 bridgehead atoms. The second-order valence-corrected chi connectivity index (χ2v) is 3.35. The summed E-state index contributed by atoms with van der Waals surface area (Å²) < 4.78 is 39.0. The lowest BCUT2D eigenvalue weighted by Crippen LogP contribution is -2.17. The first-order valence-electron chi connectivity index (χ1n) is 3.01. The van der Waals surface area contributed by atoms with Crippen LogP contribution in [0.1, 0.15) is 0 Å². The zero-order chi connectivity index (χ0) is 10.1. The zero-order valence-electron chi connectivity index (χ0n) is 5.95. The second-order valence-electron chi connectivity index (χ2n) is 2.06. The molecule has 0 aliphatic rings. The lowest BCUT2D eigenvalue weighted by Gasteiger charge is -2.08. The zero-order valence-corrected chi connectivity index (χ0v) is 8.29. The summed E-state index contributed by atoms with van der Waals surface area (Å²) in [7, 11) is 0. The van der Waals surface area contributed by atoms with Gasteiger partial charge in [-0.3, -0.25) is 0 Å². The fourth-order valence-corrected chi connectivity index (χ4v) is 1.44. The van der Waals surface area contributed by atoms with Crippen LogP contribution in [-0.4, -0.2) is 6.36 Å². The molecule has 0 aliphatic carbocycles. The predicted octanol–water partition coefficient (Wildman–Crippen LogP) is 3.80. The van der Waals surface area contributed by atoms with Gasteiger partial charge in [0.15, 0.2) is 0 Å². The Labute approximate surface area is 85.6 Å². The van der Waals surface area contributed by atoms with Gasteiger partial charge in [-0.05, 0) is 28.1 Å². The molecule has 0 aromatic heterocycles. The predicted molar refractivity (Wildman–Crippen MR) is 44.7 cm³/mol. The summed E-state index contributed by atoms with van der Waals surface area (Å²) in [6.45, 7) is 0. The van der Waals surface area contributed by atoms with Crippen LogP contribution in [0.2, 0.25) is 5.02 Å². The quantitative estimate of drug-likeness (QED) is 0.757. The van der Waals surface area contributed by atoms with Crippen molar-refractivity contribution in [1.82, 2.24) is 0 Å². The lowest BCUT2D eigenvalue weighted by atomic mass is 10.3. The maximum absolute atomic E-state index is 11.7. The van der Waals surface area contributed by atoms with Gasteiger partial charge in [-0.15, -0.1) is 13.2 Å². The maximum Gasteiger partial charge on any atom is 0.573 e. The van der Waals surface area contributed by atoms with Crippen molar-refractivity contribution in [2.75, 3.05) is 0 Å². The highest BCUT2D eigenvalue weighted by Crippen LogP contribution is 2.28. The number of alkyl halides is 3. The highest BCUT2D eigenvalue weighted by atomic mass is 79.9. The van der Waals surface area contributed by atoms with Gasteiger partial charge in [0, 0.05) is 15.6 Å². The first-order chi connectivity index (χ1) is 5.87. The van der Waals surface area contributed by atoms with E-state index in [-0.39, 0.29) is 5.02 Å². The van der Waals surface area contributed by atoms with Crippen molar-refractivity contribution in [2.24, 2.45) is 0 Å². The minimum absolute atomic E-state index is 0.143. The Kier molecular flexibility index (Phi) is 3.08. The second kappa shape index (κ2) is 3.75. The minimum Gasteiger partial charge on any atom is -0.405 e. The van der Waals surface area contributed by atoms with E-state index < -0.39 is 12.1 Å². The molecule has 1 radical (unpaired) electrons. The van der Waals surface area contributed by atoms with E-state index in [0.717, 1.165) is 6.07 Å². The van der Waals surface area contributed by atoms with Gasteiger partial charge in [0.05, 0.1) is 0 Å². The van der Waals surface area contributed by atoms with Crippen LogP contribution in [0.3, 0.4) is 0 Å². The van der Waals surface area contributed by atoms with Crippen molar-refractivity contribution in [1.29, 1.82) is 0 Å². The van der Waals surface area contributed by atoms with Gasteiger partial charge in [-0.1, -0.05) is 11.6 Å². The molecule has 1 aromatic rings. The topological polar surface area (TPSA) is 9.23 Å². The van der Waals surface area contributed by atoms with E-state index in [0.29, 0.717) is 4.47 Å². The minimum atomic E-state index is -4.72. The summed E-state index contributed by atoms with van der Waals surface area (Å²) in [5, 5.41) is 0.143. The van der Waals surface area contributed by atoms with Crippen LogP contribution in [-0.2, 0) is 0 Å². The van der Waals surface area contributed by atoms with E-state index in [4.69, 9.17) is 11.6 Å². The SMILES string of the molecule is FC(F)(F)Oc1[c]c(Br)cc(Cl)c1. The van der Waals surface area contributed by atoms with Crippen LogP contribution >= 0.6 is 27.5 Å². The summed E-state index contributed by atoms with van der Waals surface area (Å²) in [5.41, 5.74) is 0. The van der Waals surface area contributed by atoms with Gasteiger partial charge in [0.2, 0.25) is 0 Å². The summed E-state index contributed by atoms with van der Waals surface area (Å²) in [6, 6.07) is 4.73. The third-order valence-corrected chi connectivity index (χ3v) is 1.65. The third-order valence-electron chi connectivity index (χ3n) is 1.00. The molecule has 0 aliphatic heterocycles. The van der Waals surface area contributed by atoms with Crippen LogP contribution in [0.25, 0.3) is 0 Å². The average Bonchev–Trinajstić information content (AvgIpc) is 1.78. The smallest absolute Gasteiger partial charge is 0.405 e. The van der Waals surface area contributed by atoms with Crippen molar-refractivity contribution in [3.63, 3.8) is 0 Å². The number of rotatable bonds is 1. The van der Waals surface area contributed by atoms with E-state index >= 15 is 0 Å². The Morgan fingerprint density at radius 2 is 2.00 bits per heavy atom. The van der Waals surface area contributed by atoms with Crippen LogP contribution in [0.5, 0.6) is 5.75 Å². The summed E-state index contributed by atoms with van der Waals surface area (Å²) in [5.74, 6) is -0.466. The van der Waals surface area contributed by atoms with Gasteiger partial charge in [-0.2, -0.15) is 0 Å². The molecule has 0 N–H and O–H groups in total. The van der Waals surface area contributed by atoms with Crippen molar-refractivity contribution >= 4 is 27.5 Å². The summed E-state index contributed by atoms with van der Waals surface area (Å²) in [4.78, 5) is 0. The maximum atomic E-state index is 11.7. The largest absolute Gasteiger partial charge is 0.573 e. The van der Waals surface area contributed by atoms with Crippen LogP contribution in [0, 0.1) is 6.07 Å². The Hall–Kier alpha value is -0.420. The molecule has 6 heteroatoms. The van der Waals surface area contributed by atoms with E-state index in [1.807, 2.05) is 0 Å². The van der Waals surface area contributed by atoms with Gasteiger partial charge < -0.3 is 4.74 Å². The Morgan fingerprint density at radius 1 is 1.38 bits per heavy atom. The molecule has 0 saturated carbocycles. The first-order valence-corrected chi connectivity index (χ1v) is 4.18. The molecule has 0 saturated heterocycles. The van der Waals surface area contributed by atoms with E-state index in [2.05, 4.69) is 26.7 Å². The molecule has 0 unspecified atom stereocenters. The highest BCUT2D eigenvalue weighted by molar-refractivity contribution is 9.10. The number of benzene rings is 1. The van der Waals surface area contributed by atoms with Crippen molar-refractivity contribution < 1.29 is 17.9 Å². The van der Waals surface area contributed by atoms with Gasteiger partial charge >= 0.3 is 6.36 Å². The molecule has 71 valence electrons. The Balaban J connectivity index is 2.90. The Morgan fingerprint density at radius 3 is 2.46 bits per heavy atom. The van der Waals surface area contributed by atoms with Crippen LogP contribution < -0.4 is 4.74 Å². The fourth-order valence-electron chi connectivity index (χ4n) is 0.657. The molecule has 0 heterocycles. The standard InChI is InChI=1S/C7H2BrClF3O/c8-4-1-5(9)3-6(2-4)13-7(10,11)12/h1,3H. The molecule has 0 atom stereocenters. The van der Waals surface area contributed by atoms with Gasteiger partial charge in [0.1, 0.15) is 5.75 Å². The molecule has 0 spiro atoms. The molecule has 13 heavy (non-hydrogen) atoms. The molecule has 0 fully saturated rings. The highest BCUT2D eigenvalue weighted by Gasteiger charge is 2.31. The molecule has 0 amide bonds. The molecule has 1 nitrogen and oxygen atoms in total. The molecular formula is C7H2BrClF3O. The average molecular weight is 274 g/mol. The summed E-state index contributed by atoms with van der Waals surface area (Å²) >= 11 is 8.41. The lowest BCUT2D eigenvalue weighted by molar-refractivity contribution is -0.274. The monoisotopic (exact) mass is 273 g/mol. The number of ether oxygens (including phenoxy) is 1. The number of halogens is 5. The molecule has 1 rings (SSSR count). The first kappa shape index (κ1) is 10.7. The van der Waals surface area contributed by atoms with E-state index in [1.165, 1.54) is 6.07 Å². The summed E-state index contributed by atoms with van der Waals surface area (Å²) in [6.07, 6.45) is -4.72. The third kappa shape index (κ3) is 3.87. The van der Waals surface area contributed by atoms with E-state index in [9.17, 15) is 13.2 Å². The fraction of sp³-hybridized carbons (Fsp3) is 0.143. The van der Waals surface area contributed by atoms with Gasteiger partial charge in [-0.25, -0.2) is 0 Å². The normalized spacial score (nSPS) is 11.5. The van der Waals surface area contributed by atoms with Crippen molar-refractivity contribution in [3.8, 4) is 5.75 Å². The number of hydrogen-bond donors (Lipinski definition) is 0. The van der Waals surface area contributed by atoms with Gasteiger partial charge in [0.25, 0.3) is 0 Å².